The van der Waals surface area contributed by atoms with Crippen LogP contribution in [0.4, 0.5) is 14.9 Å². The normalized spacial score (nSPS) is 21.4. The average molecular weight is 315 g/mol. The second-order valence-electron chi connectivity index (χ2n) is 6.25. The Kier molecular flexibility index (Phi) is 4.61. The van der Waals surface area contributed by atoms with Crippen molar-refractivity contribution in [2.24, 2.45) is 0 Å². The van der Waals surface area contributed by atoms with Crippen LogP contribution in [0.25, 0.3) is 0 Å². The molecular formula is C15H20ClFN2O2. The summed E-state index contributed by atoms with van der Waals surface area (Å²) in [4.78, 5) is 11.6. The summed E-state index contributed by atoms with van der Waals surface area (Å²) in [5.41, 5.74) is -0.188. The van der Waals surface area contributed by atoms with Crippen molar-refractivity contribution in [2.45, 2.75) is 51.3 Å². The minimum atomic E-state index is -0.508. The lowest BCUT2D eigenvalue weighted by Gasteiger charge is -2.37. The van der Waals surface area contributed by atoms with Gasteiger partial charge in [-0.1, -0.05) is 17.7 Å². The van der Waals surface area contributed by atoms with Crippen LogP contribution in [0.1, 0.15) is 33.6 Å². The lowest BCUT2D eigenvalue weighted by molar-refractivity contribution is 0.0475. The Balaban J connectivity index is 1.78. The van der Waals surface area contributed by atoms with E-state index in [2.05, 4.69) is 10.6 Å². The van der Waals surface area contributed by atoms with Crippen molar-refractivity contribution in [2.75, 3.05) is 5.32 Å². The van der Waals surface area contributed by atoms with Gasteiger partial charge in [-0.3, -0.25) is 0 Å². The zero-order valence-electron chi connectivity index (χ0n) is 12.4. The van der Waals surface area contributed by atoms with E-state index >= 15 is 0 Å². The highest BCUT2D eigenvalue weighted by atomic mass is 35.5. The van der Waals surface area contributed by atoms with Gasteiger partial charge in [0.05, 0.1) is 10.7 Å². The third-order valence-corrected chi connectivity index (χ3v) is 3.49. The molecule has 116 valence electrons. The lowest BCUT2D eigenvalue weighted by Crippen LogP contribution is -2.50. The smallest absolute Gasteiger partial charge is 0.407 e. The summed E-state index contributed by atoms with van der Waals surface area (Å²) in [6.45, 7) is 5.45. The van der Waals surface area contributed by atoms with Crippen molar-refractivity contribution in [1.29, 1.82) is 0 Å². The van der Waals surface area contributed by atoms with E-state index < -0.39 is 11.7 Å². The van der Waals surface area contributed by atoms with E-state index in [1.54, 1.807) is 12.1 Å². The number of nitrogens with one attached hydrogen (secondary N) is 2. The molecule has 0 radical (unpaired) electrons. The van der Waals surface area contributed by atoms with Gasteiger partial charge in [-0.05, 0) is 45.7 Å². The topological polar surface area (TPSA) is 50.4 Å². The van der Waals surface area contributed by atoms with E-state index in [0.717, 1.165) is 0 Å². The summed E-state index contributed by atoms with van der Waals surface area (Å²) in [6, 6.07) is 4.71. The number of amides is 1. The van der Waals surface area contributed by atoms with Gasteiger partial charge in [0.1, 0.15) is 11.4 Å². The molecule has 0 unspecified atom stereocenters. The summed E-state index contributed by atoms with van der Waals surface area (Å²) < 4.78 is 18.8. The number of ether oxygens (including phenoxy) is 1. The van der Waals surface area contributed by atoms with Crippen LogP contribution < -0.4 is 10.6 Å². The predicted octanol–water partition coefficient (Wildman–Crippen LogP) is 3.95. The van der Waals surface area contributed by atoms with Gasteiger partial charge in [-0.25, -0.2) is 9.18 Å². The summed E-state index contributed by atoms with van der Waals surface area (Å²) in [5.74, 6) is -0.369. The molecule has 0 spiro atoms. The monoisotopic (exact) mass is 314 g/mol. The van der Waals surface area contributed by atoms with Gasteiger partial charge < -0.3 is 15.4 Å². The molecule has 0 heterocycles. The fraction of sp³-hybridized carbons (Fsp3) is 0.533. The van der Waals surface area contributed by atoms with Crippen LogP contribution in [0.3, 0.4) is 0 Å². The fourth-order valence-electron chi connectivity index (χ4n) is 2.17. The molecule has 0 atom stereocenters. The van der Waals surface area contributed by atoms with Gasteiger partial charge in [0.15, 0.2) is 0 Å². The van der Waals surface area contributed by atoms with Gasteiger partial charge in [0, 0.05) is 12.1 Å². The highest BCUT2D eigenvalue weighted by molar-refractivity contribution is 6.33. The molecule has 1 aliphatic rings. The van der Waals surface area contributed by atoms with E-state index in [1.165, 1.54) is 6.07 Å². The van der Waals surface area contributed by atoms with E-state index in [4.69, 9.17) is 16.3 Å². The zero-order valence-corrected chi connectivity index (χ0v) is 13.1. The molecule has 1 aromatic rings. The number of anilines is 1. The van der Waals surface area contributed by atoms with Crippen molar-refractivity contribution >= 4 is 23.4 Å². The van der Waals surface area contributed by atoms with E-state index in [1.807, 2.05) is 20.8 Å². The van der Waals surface area contributed by atoms with Crippen LogP contribution in [0.15, 0.2) is 18.2 Å². The second-order valence-corrected chi connectivity index (χ2v) is 6.66. The maximum atomic E-state index is 13.6. The Hall–Kier alpha value is -1.49. The van der Waals surface area contributed by atoms with Crippen LogP contribution in [-0.4, -0.2) is 23.8 Å². The van der Waals surface area contributed by atoms with Gasteiger partial charge in [0.2, 0.25) is 0 Å². The predicted molar refractivity (Wildman–Crippen MR) is 81.2 cm³/mol. The molecular weight excluding hydrogens is 295 g/mol. The molecule has 0 aromatic heterocycles. The third kappa shape index (κ3) is 4.49. The number of rotatable bonds is 3. The lowest BCUT2D eigenvalue weighted by atomic mass is 9.86. The van der Waals surface area contributed by atoms with E-state index in [9.17, 15) is 9.18 Å². The van der Waals surface area contributed by atoms with Gasteiger partial charge >= 0.3 is 6.09 Å². The highest BCUT2D eigenvalue weighted by Gasteiger charge is 2.32. The molecule has 2 rings (SSSR count). The Morgan fingerprint density at radius 2 is 2.00 bits per heavy atom. The van der Waals surface area contributed by atoms with Crippen LogP contribution in [0.5, 0.6) is 0 Å². The molecule has 1 amide bonds. The molecule has 2 N–H and O–H groups in total. The molecule has 0 saturated heterocycles. The summed E-state index contributed by atoms with van der Waals surface area (Å²) in [7, 11) is 0. The van der Waals surface area contributed by atoms with E-state index in [0.29, 0.717) is 23.6 Å². The standard InChI is InChI=1S/C15H20ClFN2O2/c1-15(2,3)21-14(20)19-10-7-9(8-10)18-13-11(16)5-4-6-12(13)17/h4-6,9-10,18H,7-8H2,1-3H3,(H,19,20). The largest absolute Gasteiger partial charge is 0.444 e. The van der Waals surface area contributed by atoms with Crippen molar-refractivity contribution < 1.29 is 13.9 Å². The Morgan fingerprint density at radius 1 is 1.33 bits per heavy atom. The average Bonchev–Trinajstić information content (AvgIpc) is 2.27. The van der Waals surface area contributed by atoms with Crippen LogP contribution in [0.2, 0.25) is 5.02 Å². The number of carbonyl (C=O) groups excluding carboxylic acids is 1. The van der Waals surface area contributed by atoms with Gasteiger partial charge in [-0.2, -0.15) is 0 Å². The fourth-order valence-corrected chi connectivity index (χ4v) is 2.39. The van der Waals surface area contributed by atoms with Crippen molar-refractivity contribution in [1.82, 2.24) is 5.32 Å². The van der Waals surface area contributed by atoms with Crippen LogP contribution >= 0.6 is 11.6 Å². The molecule has 1 aromatic carbocycles. The molecule has 4 nitrogen and oxygen atoms in total. The van der Waals surface area contributed by atoms with Crippen LogP contribution in [-0.2, 0) is 4.74 Å². The summed E-state index contributed by atoms with van der Waals surface area (Å²) in [5, 5.41) is 6.22. The number of alkyl carbamates (subject to hydrolysis) is 1. The number of hydrogen-bond donors (Lipinski definition) is 2. The van der Waals surface area contributed by atoms with Crippen LogP contribution in [0, 0.1) is 5.82 Å². The maximum absolute atomic E-state index is 13.6. The van der Waals surface area contributed by atoms with Crippen molar-refractivity contribution in [3.8, 4) is 0 Å². The number of hydrogen-bond acceptors (Lipinski definition) is 3. The Labute approximate surface area is 129 Å². The first-order chi connectivity index (χ1) is 9.74. The van der Waals surface area contributed by atoms with E-state index in [-0.39, 0.29) is 17.9 Å². The first-order valence-electron chi connectivity index (χ1n) is 6.94. The number of carbonyl (C=O) groups is 1. The molecule has 1 saturated carbocycles. The zero-order chi connectivity index (χ0) is 15.6. The SMILES string of the molecule is CC(C)(C)OC(=O)NC1CC(Nc2c(F)cccc2Cl)C1. The number of para-hydroxylation sites is 1. The minimum absolute atomic E-state index is 0.0444. The molecule has 21 heavy (non-hydrogen) atoms. The molecule has 0 bridgehead atoms. The second kappa shape index (κ2) is 6.10. The first kappa shape index (κ1) is 15.9. The summed E-state index contributed by atoms with van der Waals surface area (Å²) >= 11 is 5.96. The quantitative estimate of drug-likeness (QED) is 0.888. The van der Waals surface area contributed by atoms with Gasteiger partial charge in [-0.15, -0.1) is 0 Å². The van der Waals surface area contributed by atoms with Crippen molar-refractivity contribution in [3.05, 3.63) is 29.0 Å². The third-order valence-electron chi connectivity index (χ3n) is 3.17. The highest BCUT2D eigenvalue weighted by Crippen LogP contribution is 2.30. The first-order valence-corrected chi connectivity index (χ1v) is 7.32. The van der Waals surface area contributed by atoms with Crippen molar-refractivity contribution in [3.63, 3.8) is 0 Å². The van der Waals surface area contributed by atoms with Gasteiger partial charge in [0.25, 0.3) is 0 Å². The molecule has 1 fully saturated rings. The molecule has 1 aliphatic carbocycles. The number of halogens is 2. The molecule has 6 heteroatoms. The maximum Gasteiger partial charge on any atom is 0.407 e. The molecule has 0 aliphatic heterocycles. The summed E-state index contributed by atoms with van der Waals surface area (Å²) in [6.07, 6.45) is 1.00. The Morgan fingerprint density at radius 3 is 2.57 bits per heavy atom. The minimum Gasteiger partial charge on any atom is -0.444 e. The number of benzene rings is 1. The Bertz CT molecular complexity index is 505.